The maximum atomic E-state index is 12.2. The summed E-state index contributed by atoms with van der Waals surface area (Å²) >= 11 is 0. The summed E-state index contributed by atoms with van der Waals surface area (Å²) in [5.41, 5.74) is 1.60. The van der Waals surface area contributed by atoms with Crippen molar-refractivity contribution in [3.63, 3.8) is 0 Å². The van der Waals surface area contributed by atoms with E-state index in [4.69, 9.17) is 4.42 Å². The van der Waals surface area contributed by atoms with Gasteiger partial charge in [-0.05, 0) is 42.8 Å². The molecule has 0 aliphatic heterocycles. The average Bonchev–Trinajstić information content (AvgIpc) is 3.19. The molecule has 1 amide bonds. The molecule has 1 aromatic heterocycles. The number of benzene rings is 1. The summed E-state index contributed by atoms with van der Waals surface area (Å²) in [5.74, 6) is -1.04. The summed E-state index contributed by atoms with van der Waals surface area (Å²) in [7, 11) is 2.41. The fourth-order valence-electron chi connectivity index (χ4n) is 2.21. The molecule has 0 bridgehead atoms. The topological polar surface area (TPSA) is 107 Å². The van der Waals surface area contributed by atoms with E-state index in [0.717, 1.165) is 6.08 Å². The van der Waals surface area contributed by atoms with Crippen LogP contribution in [0.1, 0.15) is 21.7 Å². The molecule has 1 aromatic carbocycles. The van der Waals surface area contributed by atoms with E-state index in [-0.39, 0.29) is 18.1 Å². The molecule has 0 aliphatic carbocycles. The number of ether oxygens (including phenoxy) is 2. The molecule has 0 radical (unpaired) electrons. The van der Waals surface area contributed by atoms with Crippen molar-refractivity contribution >= 4 is 23.5 Å². The van der Waals surface area contributed by atoms with E-state index in [1.54, 1.807) is 37.3 Å². The van der Waals surface area contributed by atoms with Gasteiger partial charge in [0.1, 0.15) is 11.5 Å². The highest BCUT2D eigenvalue weighted by molar-refractivity contribution is 5.99. The molecule has 27 heavy (non-hydrogen) atoms. The Labute approximate surface area is 156 Å². The Morgan fingerprint density at radius 2 is 1.93 bits per heavy atom. The zero-order valence-corrected chi connectivity index (χ0v) is 15.2. The number of methoxy groups -OCH3 is 2. The van der Waals surface area contributed by atoms with Crippen molar-refractivity contribution in [3.8, 4) is 0 Å². The van der Waals surface area contributed by atoms with Crippen molar-refractivity contribution in [2.45, 2.75) is 13.5 Å². The molecule has 0 atom stereocenters. The summed E-state index contributed by atoms with van der Waals surface area (Å²) in [6.45, 7) is 2.04. The summed E-state index contributed by atoms with van der Waals surface area (Å²) in [6, 6.07) is 8.39. The normalized spacial score (nSPS) is 10.9. The quantitative estimate of drug-likeness (QED) is 0.566. The zero-order chi connectivity index (χ0) is 19.8. The number of aryl methyl sites for hydroxylation is 1. The van der Waals surface area contributed by atoms with Crippen molar-refractivity contribution in [1.29, 1.82) is 0 Å². The summed E-state index contributed by atoms with van der Waals surface area (Å²) in [5, 5.41) is 5.57. The number of carbonyl (C=O) groups is 3. The van der Waals surface area contributed by atoms with Crippen LogP contribution in [0.5, 0.6) is 0 Å². The first kappa shape index (κ1) is 19.8. The lowest BCUT2D eigenvalue weighted by molar-refractivity contribution is -0.138. The van der Waals surface area contributed by atoms with Crippen molar-refractivity contribution in [2.24, 2.45) is 0 Å². The van der Waals surface area contributed by atoms with Gasteiger partial charge >= 0.3 is 11.9 Å². The Bertz CT molecular complexity index is 855. The monoisotopic (exact) mass is 372 g/mol. The first-order chi connectivity index (χ1) is 12.9. The summed E-state index contributed by atoms with van der Waals surface area (Å²) < 4.78 is 14.3. The molecular weight excluding hydrogens is 352 g/mol. The SMILES string of the molecule is COC(=O)/C=C(/Nc1ccc(C(=O)NCc2ccco2)cc1C)C(=O)OC. The minimum atomic E-state index is -0.722. The third-order valence-electron chi connectivity index (χ3n) is 3.63. The van der Waals surface area contributed by atoms with E-state index in [1.165, 1.54) is 20.5 Å². The molecule has 1 heterocycles. The standard InChI is InChI=1S/C19H20N2O6/c1-12-9-13(18(23)20-11-14-5-4-8-27-14)6-7-15(12)21-16(19(24)26-3)10-17(22)25-2/h4-10,21H,11H2,1-3H3,(H,20,23)/b16-10+. The van der Waals surface area contributed by atoms with Gasteiger partial charge in [-0.3, -0.25) is 4.79 Å². The highest BCUT2D eigenvalue weighted by atomic mass is 16.5. The predicted octanol–water partition coefficient (Wildman–Crippen LogP) is 2.16. The molecule has 0 spiro atoms. The maximum absolute atomic E-state index is 12.2. The molecule has 0 aliphatic rings. The van der Waals surface area contributed by atoms with Crippen LogP contribution in [0.15, 0.2) is 52.8 Å². The minimum absolute atomic E-state index is 0.0810. The summed E-state index contributed by atoms with van der Waals surface area (Å²) in [6.07, 6.45) is 2.53. The number of esters is 2. The van der Waals surface area contributed by atoms with Crippen LogP contribution in [-0.4, -0.2) is 32.1 Å². The summed E-state index contributed by atoms with van der Waals surface area (Å²) in [4.78, 5) is 35.5. The molecule has 142 valence electrons. The second-order valence-corrected chi connectivity index (χ2v) is 5.49. The number of hydrogen-bond donors (Lipinski definition) is 2. The molecule has 2 N–H and O–H groups in total. The van der Waals surface area contributed by atoms with Gasteiger partial charge in [0.25, 0.3) is 5.91 Å². The van der Waals surface area contributed by atoms with E-state index in [1.807, 2.05) is 0 Å². The highest BCUT2D eigenvalue weighted by Gasteiger charge is 2.15. The average molecular weight is 372 g/mol. The van der Waals surface area contributed by atoms with Crippen LogP contribution in [0.4, 0.5) is 5.69 Å². The second-order valence-electron chi connectivity index (χ2n) is 5.49. The van der Waals surface area contributed by atoms with Crippen molar-refractivity contribution in [1.82, 2.24) is 5.32 Å². The molecule has 0 unspecified atom stereocenters. The predicted molar refractivity (Wildman–Crippen MR) is 96.8 cm³/mol. The van der Waals surface area contributed by atoms with Crippen LogP contribution >= 0.6 is 0 Å². The van der Waals surface area contributed by atoms with Gasteiger partial charge in [0.15, 0.2) is 0 Å². The van der Waals surface area contributed by atoms with Gasteiger partial charge in [-0.15, -0.1) is 0 Å². The van der Waals surface area contributed by atoms with Gasteiger partial charge in [-0.2, -0.15) is 0 Å². The number of amides is 1. The van der Waals surface area contributed by atoms with E-state index in [0.29, 0.717) is 22.6 Å². The maximum Gasteiger partial charge on any atom is 0.354 e. The molecular formula is C19H20N2O6. The Hall–Kier alpha value is -3.55. The van der Waals surface area contributed by atoms with Crippen molar-refractivity contribution in [2.75, 3.05) is 19.5 Å². The molecule has 2 rings (SSSR count). The number of carbonyl (C=O) groups excluding carboxylic acids is 3. The van der Waals surface area contributed by atoms with Gasteiger partial charge in [-0.25, -0.2) is 9.59 Å². The van der Waals surface area contributed by atoms with Crippen LogP contribution in [0, 0.1) is 6.92 Å². The second kappa shape index (κ2) is 9.23. The number of nitrogens with one attached hydrogen (secondary N) is 2. The Morgan fingerprint density at radius 3 is 2.52 bits per heavy atom. The van der Waals surface area contributed by atoms with E-state index < -0.39 is 11.9 Å². The Morgan fingerprint density at radius 1 is 1.15 bits per heavy atom. The molecule has 2 aromatic rings. The van der Waals surface area contributed by atoms with Crippen molar-refractivity contribution in [3.05, 3.63) is 65.3 Å². The smallest absolute Gasteiger partial charge is 0.354 e. The molecule has 8 nitrogen and oxygen atoms in total. The van der Waals surface area contributed by atoms with Crippen LogP contribution in [0.25, 0.3) is 0 Å². The first-order valence-corrected chi connectivity index (χ1v) is 8.00. The number of hydrogen-bond acceptors (Lipinski definition) is 7. The van der Waals surface area contributed by atoms with E-state index >= 15 is 0 Å². The van der Waals surface area contributed by atoms with Crippen molar-refractivity contribution < 1.29 is 28.3 Å². The fourth-order valence-corrected chi connectivity index (χ4v) is 2.21. The minimum Gasteiger partial charge on any atom is -0.467 e. The number of anilines is 1. The van der Waals surface area contributed by atoms with Crippen LogP contribution in [0.2, 0.25) is 0 Å². The van der Waals surface area contributed by atoms with Gasteiger partial charge in [0.05, 0.1) is 33.1 Å². The zero-order valence-electron chi connectivity index (χ0n) is 15.2. The molecule has 0 saturated heterocycles. The highest BCUT2D eigenvalue weighted by Crippen LogP contribution is 2.19. The van der Waals surface area contributed by atoms with Gasteiger partial charge < -0.3 is 24.5 Å². The largest absolute Gasteiger partial charge is 0.467 e. The lowest BCUT2D eigenvalue weighted by Gasteiger charge is -2.13. The van der Waals surface area contributed by atoms with Crippen LogP contribution in [0.3, 0.4) is 0 Å². The van der Waals surface area contributed by atoms with Gasteiger partial charge in [0, 0.05) is 11.3 Å². The molecule has 8 heteroatoms. The van der Waals surface area contributed by atoms with Gasteiger partial charge in [-0.1, -0.05) is 0 Å². The van der Waals surface area contributed by atoms with E-state index in [2.05, 4.69) is 20.1 Å². The third-order valence-corrected chi connectivity index (χ3v) is 3.63. The molecule has 0 fully saturated rings. The van der Waals surface area contributed by atoms with Crippen LogP contribution in [-0.2, 0) is 25.6 Å². The Balaban J connectivity index is 2.12. The third kappa shape index (κ3) is 5.46. The van der Waals surface area contributed by atoms with E-state index in [9.17, 15) is 14.4 Å². The van der Waals surface area contributed by atoms with Gasteiger partial charge in [0.2, 0.25) is 0 Å². The lowest BCUT2D eigenvalue weighted by atomic mass is 10.1. The molecule has 0 saturated carbocycles. The fraction of sp³-hybridized carbons (Fsp3) is 0.211. The number of rotatable bonds is 7. The lowest BCUT2D eigenvalue weighted by Crippen LogP contribution is -2.22. The first-order valence-electron chi connectivity index (χ1n) is 8.00. The number of furan rings is 1. The van der Waals surface area contributed by atoms with Crippen LogP contribution < -0.4 is 10.6 Å². The Kier molecular flexibility index (Phi) is 6.76.